The van der Waals surface area contributed by atoms with Crippen LogP contribution in [0.3, 0.4) is 0 Å². The zero-order valence-electron chi connectivity index (χ0n) is 11.1. The summed E-state index contributed by atoms with van der Waals surface area (Å²) in [4.78, 5) is 11.3. The first kappa shape index (κ1) is 11.4. The predicted octanol–water partition coefficient (Wildman–Crippen LogP) is 2.39. The number of hydrogen-bond donors (Lipinski definition) is 0. The normalized spacial score (nSPS) is 15.1. The molecule has 100 valence electrons. The van der Waals surface area contributed by atoms with Crippen molar-refractivity contribution in [2.24, 2.45) is 0 Å². The van der Waals surface area contributed by atoms with Crippen LogP contribution in [-0.4, -0.2) is 32.7 Å². The first-order valence-corrected chi connectivity index (χ1v) is 6.91. The Morgan fingerprint density at radius 3 is 2.75 bits per heavy atom. The van der Waals surface area contributed by atoms with E-state index in [-0.39, 0.29) is 0 Å². The molecule has 0 aliphatic carbocycles. The van der Waals surface area contributed by atoms with Crippen LogP contribution in [0, 0.1) is 0 Å². The molecule has 0 amide bonds. The van der Waals surface area contributed by atoms with Gasteiger partial charge in [-0.3, -0.25) is 4.98 Å². The highest BCUT2D eigenvalue weighted by Crippen LogP contribution is 2.25. The van der Waals surface area contributed by atoms with Crippen molar-refractivity contribution in [1.29, 1.82) is 0 Å². The quantitative estimate of drug-likeness (QED) is 0.713. The molecule has 20 heavy (non-hydrogen) atoms. The van der Waals surface area contributed by atoms with Crippen LogP contribution < -0.4 is 4.90 Å². The van der Waals surface area contributed by atoms with Gasteiger partial charge in [0.25, 0.3) is 0 Å². The second kappa shape index (κ2) is 4.59. The smallest absolute Gasteiger partial charge is 0.165 e. The van der Waals surface area contributed by atoms with Crippen LogP contribution in [0.5, 0.6) is 0 Å². The second-order valence-electron chi connectivity index (χ2n) is 5.05. The van der Waals surface area contributed by atoms with Gasteiger partial charge in [-0.15, -0.1) is 0 Å². The van der Waals surface area contributed by atoms with E-state index in [1.807, 2.05) is 41.3 Å². The molecule has 0 unspecified atom stereocenters. The lowest BCUT2D eigenvalue weighted by atomic mass is 10.1. The van der Waals surface area contributed by atoms with Gasteiger partial charge in [-0.05, 0) is 25.0 Å². The van der Waals surface area contributed by atoms with Gasteiger partial charge in [-0.2, -0.15) is 5.10 Å². The molecular weight excluding hydrogens is 250 g/mol. The van der Waals surface area contributed by atoms with E-state index in [0.717, 1.165) is 35.7 Å². The van der Waals surface area contributed by atoms with Crippen LogP contribution in [0.25, 0.3) is 16.8 Å². The predicted molar refractivity (Wildman–Crippen MR) is 77.7 cm³/mol. The Morgan fingerprint density at radius 2 is 1.95 bits per heavy atom. The van der Waals surface area contributed by atoms with Crippen molar-refractivity contribution in [2.45, 2.75) is 12.8 Å². The van der Waals surface area contributed by atoms with Crippen LogP contribution in [-0.2, 0) is 0 Å². The highest BCUT2D eigenvalue weighted by Gasteiger charge is 2.15. The molecule has 1 saturated heterocycles. The summed E-state index contributed by atoms with van der Waals surface area (Å²) in [6.07, 6.45) is 9.96. The summed E-state index contributed by atoms with van der Waals surface area (Å²) < 4.78 is 1.82. The molecule has 1 fully saturated rings. The summed E-state index contributed by atoms with van der Waals surface area (Å²) in [6.45, 7) is 2.19. The van der Waals surface area contributed by atoms with Gasteiger partial charge in [-0.25, -0.2) is 9.50 Å². The molecule has 5 heteroatoms. The summed E-state index contributed by atoms with van der Waals surface area (Å²) >= 11 is 0. The monoisotopic (exact) mass is 265 g/mol. The fourth-order valence-electron chi connectivity index (χ4n) is 2.71. The Bertz CT molecular complexity index is 728. The van der Waals surface area contributed by atoms with Crippen LogP contribution in [0.1, 0.15) is 12.8 Å². The van der Waals surface area contributed by atoms with Crippen molar-refractivity contribution in [3.05, 3.63) is 43.0 Å². The molecule has 0 aromatic carbocycles. The van der Waals surface area contributed by atoms with E-state index in [0.29, 0.717) is 0 Å². The number of nitrogens with zero attached hydrogens (tertiary/aromatic N) is 5. The molecule has 4 rings (SSSR count). The number of fused-ring (bicyclic) bond motifs is 1. The Balaban J connectivity index is 1.84. The summed E-state index contributed by atoms with van der Waals surface area (Å²) in [7, 11) is 0. The van der Waals surface area contributed by atoms with Crippen molar-refractivity contribution < 1.29 is 0 Å². The molecule has 0 spiro atoms. The third-order valence-corrected chi connectivity index (χ3v) is 3.76. The Morgan fingerprint density at radius 1 is 1.05 bits per heavy atom. The van der Waals surface area contributed by atoms with Crippen molar-refractivity contribution in [1.82, 2.24) is 19.6 Å². The maximum Gasteiger partial charge on any atom is 0.165 e. The lowest BCUT2D eigenvalue weighted by Crippen LogP contribution is -2.19. The van der Waals surface area contributed by atoms with E-state index in [1.54, 1.807) is 6.20 Å². The molecule has 0 saturated carbocycles. The van der Waals surface area contributed by atoms with Crippen molar-refractivity contribution >= 4 is 11.5 Å². The van der Waals surface area contributed by atoms with Gasteiger partial charge >= 0.3 is 0 Å². The van der Waals surface area contributed by atoms with E-state index < -0.39 is 0 Å². The van der Waals surface area contributed by atoms with E-state index in [9.17, 15) is 0 Å². The third-order valence-electron chi connectivity index (χ3n) is 3.76. The SMILES string of the molecule is c1cncc(-c2cnn3ccc(N4CCCC4)nc23)c1. The van der Waals surface area contributed by atoms with Crippen LogP contribution in [0.4, 0.5) is 5.82 Å². The molecule has 3 aromatic heterocycles. The van der Waals surface area contributed by atoms with E-state index in [4.69, 9.17) is 4.98 Å². The standard InChI is InChI=1S/C15H15N5/c1-2-8-19(7-1)14-5-9-20-15(18-14)13(11-17-20)12-4-3-6-16-10-12/h3-6,9-11H,1-2,7-8H2. The van der Waals surface area contributed by atoms with Gasteiger partial charge in [-0.1, -0.05) is 6.07 Å². The molecule has 1 aliphatic rings. The summed E-state index contributed by atoms with van der Waals surface area (Å²) in [5.74, 6) is 1.04. The van der Waals surface area contributed by atoms with Crippen LogP contribution >= 0.6 is 0 Å². The maximum absolute atomic E-state index is 4.79. The number of pyridine rings is 1. The molecule has 0 radical (unpaired) electrons. The lowest BCUT2D eigenvalue weighted by Gasteiger charge is -2.16. The van der Waals surface area contributed by atoms with Crippen molar-refractivity contribution in [3.63, 3.8) is 0 Å². The highest BCUT2D eigenvalue weighted by atomic mass is 15.3. The number of hydrogen-bond acceptors (Lipinski definition) is 4. The van der Waals surface area contributed by atoms with Gasteiger partial charge in [0.15, 0.2) is 5.65 Å². The molecule has 0 N–H and O–H groups in total. The largest absolute Gasteiger partial charge is 0.357 e. The minimum absolute atomic E-state index is 0.891. The highest BCUT2D eigenvalue weighted by molar-refractivity contribution is 5.77. The first-order valence-electron chi connectivity index (χ1n) is 6.91. The topological polar surface area (TPSA) is 46.3 Å². The second-order valence-corrected chi connectivity index (χ2v) is 5.05. The number of rotatable bonds is 2. The van der Waals surface area contributed by atoms with E-state index in [2.05, 4.69) is 15.0 Å². The first-order chi connectivity index (χ1) is 9.92. The maximum atomic E-state index is 4.79. The molecule has 1 aliphatic heterocycles. The fraction of sp³-hybridized carbons (Fsp3) is 0.267. The molecule has 5 nitrogen and oxygen atoms in total. The van der Waals surface area contributed by atoms with Crippen molar-refractivity contribution in [3.8, 4) is 11.1 Å². The van der Waals surface area contributed by atoms with Crippen LogP contribution in [0.2, 0.25) is 0 Å². The molecular formula is C15H15N5. The molecule has 3 aromatic rings. The molecule has 0 bridgehead atoms. The summed E-state index contributed by atoms with van der Waals surface area (Å²) in [6, 6.07) is 6.01. The van der Waals surface area contributed by atoms with Gasteiger partial charge in [0, 0.05) is 42.8 Å². The van der Waals surface area contributed by atoms with E-state index in [1.165, 1.54) is 12.8 Å². The van der Waals surface area contributed by atoms with Gasteiger partial charge in [0.2, 0.25) is 0 Å². The Hall–Kier alpha value is -2.43. The fourth-order valence-corrected chi connectivity index (χ4v) is 2.71. The summed E-state index contributed by atoms with van der Waals surface area (Å²) in [5, 5.41) is 4.37. The van der Waals surface area contributed by atoms with Gasteiger partial charge in [0.05, 0.1) is 6.20 Å². The van der Waals surface area contributed by atoms with Gasteiger partial charge in [0.1, 0.15) is 5.82 Å². The average molecular weight is 265 g/mol. The lowest BCUT2D eigenvalue weighted by molar-refractivity contribution is 0.899. The molecule has 4 heterocycles. The third kappa shape index (κ3) is 1.82. The Labute approximate surface area is 116 Å². The average Bonchev–Trinajstić information content (AvgIpc) is 3.17. The van der Waals surface area contributed by atoms with E-state index >= 15 is 0 Å². The zero-order valence-corrected chi connectivity index (χ0v) is 11.1. The number of anilines is 1. The zero-order chi connectivity index (χ0) is 13.4. The molecule has 0 atom stereocenters. The minimum Gasteiger partial charge on any atom is -0.357 e. The van der Waals surface area contributed by atoms with Crippen molar-refractivity contribution in [2.75, 3.05) is 18.0 Å². The number of aromatic nitrogens is 4. The van der Waals surface area contributed by atoms with Gasteiger partial charge < -0.3 is 4.90 Å². The minimum atomic E-state index is 0.891. The van der Waals surface area contributed by atoms with Crippen LogP contribution in [0.15, 0.2) is 43.0 Å². The summed E-state index contributed by atoms with van der Waals surface area (Å²) in [5.41, 5.74) is 2.97. The Kier molecular flexibility index (Phi) is 2.62.